The Labute approximate surface area is 164 Å². The van der Waals surface area contributed by atoms with Gasteiger partial charge in [0.15, 0.2) is 0 Å². The van der Waals surface area contributed by atoms with E-state index >= 15 is 0 Å². The summed E-state index contributed by atoms with van der Waals surface area (Å²) in [5, 5.41) is 14.7. The van der Waals surface area contributed by atoms with Gasteiger partial charge in [-0.1, -0.05) is 13.8 Å². The van der Waals surface area contributed by atoms with Crippen LogP contribution in [0, 0.1) is 5.92 Å². The number of carbonyl (C=O) groups excluding carboxylic acids is 3. The number of nitrogens with one attached hydrogen (secondary N) is 2. The quantitative estimate of drug-likeness (QED) is 0.465. The van der Waals surface area contributed by atoms with Gasteiger partial charge in [0.05, 0.1) is 6.54 Å². The first-order valence-corrected chi connectivity index (χ1v) is 10.2. The van der Waals surface area contributed by atoms with Gasteiger partial charge in [-0.15, -0.1) is 0 Å². The van der Waals surface area contributed by atoms with Crippen LogP contribution in [0.3, 0.4) is 0 Å². The van der Waals surface area contributed by atoms with Gasteiger partial charge in [0.25, 0.3) is 5.91 Å². The molecule has 0 bridgehead atoms. The van der Waals surface area contributed by atoms with Crippen LogP contribution in [0.25, 0.3) is 0 Å². The van der Waals surface area contributed by atoms with Crippen molar-refractivity contribution < 1.29 is 24.3 Å². The van der Waals surface area contributed by atoms with Crippen LogP contribution in [0.4, 0.5) is 4.79 Å². The molecule has 0 unspecified atom stereocenters. The van der Waals surface area contributed by atoms with Crippen LogP contribution >= 0.6 is 0 Å². The van der Waals surface area contributed by atoms with Crippen LogP contribution in [-0.4, -0.2) is 76.0 Å². The molecule has 0 aromatic heterocycles. The van der Waals surface area contributed by atoms with E-state index in [1.807, 2.05) is 18.7 Å². The van der Waals surface area contributed by atoms with Crippen molar-refractivity contribution in [3.05, 3.63) is 0 Å². The average Bonchev–Trinajstić information content (AvgIpc) is 3.38. The van der Waals surface area contributed by atoms with E-state index in [9.17, 15) is 19.2 Å². The highest BCUT2D eigenvalue weighted by Crippen LogP contribution is 2.33. The van der Waals surface area contributed by atoms with Gasteiger partial charge in [0.1, 0.15) is 12.1 Å². The maximum Gasteiger partial charge on any atom is 0.325 e. The van der Waals surface area contributed by atoms with Crippen LogP contribution in [0.15, 0.2) is 0 Å². The van der Waals surface area contributed by atoms with Crippen molar-refractivity contribution >= 4 is 23.8 Å². The summed E-state index contributed by atoms with van der Waals surface area (Å²) >= 11 is 0. The lowest BCUT2D eigenvalue weighted by Crippen LogP contribution is -2.56. The molecule has 9 heteroatoms. The number of hydrogen-bond donors (Lipinski definition) is 3. The zero-order valence-electron chi connectivity index (χ0n) is 16.6. The van der Waals surface area contributed by atoms with Crippen molar-refractivity contribution in [1.82, 2.24) is 20.4 Å². The molecule has 1 saturated heterocycles. The molecule has 1 heterocycles. The maximum absolute atomic E-state index is 12.6. The molecule has 2 aliphatic carbocycles. The Kier molecular flexibility index (Phi) is 5.92. The third-order valence-electron chi connectivity index (χ3n) is 6.28. The first-order chi connectivity index (χ1) is 13.3. The summed E-state index contributed by atoms with van der Waals surface area (Å²) in [4.78, 5) is 51.1. The summed E-state index contributed by atoms with van der Waals surface area (Å²) in [6.07, 6.45) is 4.67. The summed E-state index contributed by atoms with van der Waals surface area (Å²) in [6.45, 7) is 4.22. The molecule has 3 rings (SSSR count). The van der Waals surface area contributed by atoms with Gasteiger partial charge in [0.2, 0.25) is 5.91 Å². The highest BCUT2D eigenvalue weighted by Gasteiger charge is 2.49. The van der Waals surface area contributed by atoms with Crippen molar-refractivity contribution in [3.8, 4) is 0 Å². The molecule has 0 aromatic carbocycles. The second-order valence-corrected chi connectivity index (χ2v) is 8.27. The summed E-state index contributed by atoms with van der Waals surface area (Å²) in [7, 11) is 0. The molecule has 1 aliphatic heterocycles. The minimum absolute atomic E-state index is 0.0282. The van der Waals surface area contributed by atoms with Crippen LogP contribution in [-0.2, 0) is 14.4 Å². The fourth-order valence-corrected chi connectivity index (χ4v) is 4.12. The largest absolute Gasteiger partial charge is 0.480 e. The van der Waals surface area contributed by atoms with Crippen molar-refractivity contribution in [3.63, 3.8) is 0 Å². The number of aliphatic carboxylic acids is 1. The minimum Gasteiger partial charge on any atom is -0.480 e. The maximum atomic E-state index is 12.6. The first-order valence-electron chi connectivity index (χ1n) is 10.2. The Bertz CT molecular complexity index is 653. The number of rotatable bonds is 10. The van der Waals surface area contributed by atoms with E-state index in [4.69, 9.17) is 5.11 Å². The van der Waals surface area contributed by atoms with E-state index < -0.39 is 17.5 Å². The zero-order chi connectivity index (χ0) is 20.5. The van der Waals surface area contributed by atoms with Crippen LogP contribution in [0.1, 0.15) is 52.4 Å². The molecule has 3 N–H and O–H groups in total. The molecule has 0 radical (unpaired) electrons. The van der Waals surface area contributed by atoms with E-state index in [1.165, 1.54) is 0 Å². The molecule has 0 spiro atoms. The predicted octanol–water partition coefficient (Wildman–Crippen LogP) is 0.541. The zero-order valence-corrected chi connectivity index (χ0v) is 16.6. The second kappa shape index (κ2) is 8.06. The molecule has 156 valence electrons. The molecule has 3 aliphatic rings. The number of carbonyl (C=O) groups is 4. The lowest BCUT2D eigenvalue weighted by atomic mass is 9.85. The number of hydrogen-bond acceptors (Lipinski definition) is 5. The number of urea groups is 1. The summed E-state index contributed by atoms with van der Waals surface area (Å²) < 4.78 is 0. The van der Waals surface area contributed by atoms with E-state index in [0.717, 1.165) is 24.3 Å². The van der Waals surface area contributed by atoms with Gasteiger partial charge in [-0.2, -0.15) is 0 Å². The standard InChI is InChI=1S/C19H30N4O5/c1-3-19(4-2)17(27)23(18(28)21-19)10-15(24)20-13-7-14(8-13)22(11-16(25)26)9-12-5-6-12/h12-14H,3-11H2,1-2H3,(H,20,24)(H,21,28)(H,25,26). The Morgan fingerprint density at radius 1 is 1.25 bits per heavy atom. The highest BCUT2D eigenvalue weighted by atomic mass is 16.4. The topological polar surface area (TPSA) is 119 Å². The van der Waals surface area contributed by atoms with Crippen LogP contribution in [0.2, 0.25) is 0 Å². The number of imide groups is 1. The molecule has 0 aromatic rings. The van der Waals surface area contributed by atoms with E-state index in [1.54, 1.807) is 0 Å². The number of carboxylic acid groups (broad SMARTS) is 1. The molecule has 9 nitrogen and oxygen atoms in total. The van der Waals surface area contributed by atoms with Gasteiger partial charge < -0.3 is 15.7 Å². The van der Waals surface area contributed by atoms with Gasteiger partial charge >= 0.3 is 12.0 Å². The van der Waals surface area contributed by atoms with E-state index in [2.05, 4.69) is 10.6 Å². The molecular formula is C19H30N4O5. The normalized spacial score (nSPS) is 26.2. The Morgan fingerprint density at radius 3 is 2.39 bits per heavy atom. The lowest BCUT2D eigenvalue weighted by molar-refractivity contribution is -0.140. The van der Waals surface area contributed by atoms with Crippen molar-refractivity contribution in [2.75, 3.05) is 19.6 Å². The first kappa shape index (κ1) is 20.6. The van der Waals surface area contributed by atoms with Gasteiger partial charge in [-0.3, -0.25) is 24.2 Å². The molecule has 0 atom stereocenters. The molecule has 28 heavy (non-hydrogen) atoms. The highest BCUT2D eigenvalue weighted by molar-refractivity contribution is 6.09. The Balaban J connectivity index is 1.47. The average molecular weight is 394 g/mol. The van der Waals surface area contributed by atoms with Crippen molar-refractivity contribution in [2.24, 2.45) is 5.92 Å². The monoisotopic (exact) mass is 394 g/mol. The Morgan fingerprint density at radius 2 is 1.89 bits per heavy atom. The Hall–Kier alpha value is -2.16. The summed E-state index contributed by atoms with van der Waals surface area (Å²) in [6, 6.07) is -0.408. The summed E-state index contributed by atoms with van der Waals surface area (Å²) in [5.74, 6) is -0.935. The fraction of sp³-hybridized carbons (Fsp3) is 0.789. The minimum atomic E-state index is -0.904. The molecular weight excluding hydrogens is 364 g/mol. The van der Waals surface area contributed by atoms with E-state index in [0.29, 0.717) is 31.6 Å². The van der Waals surface area contributed by atoms with Gasteiger partial charge in [-0.25, -0.2) is 4.79 Å². The van der Waals surface area contributed by atoms with E-state index in [-0.39, 0.29) is 37.0 Å². The number of amides is 4. The van der Waals surface area contributed by atoms with Gasteiger partial charge in [-0.05, 0) is 44.4 Å². The van der Waals surface area contributed by atoms with Crippen LogP contribution in [0.5, 0.6) is 0 Å². The number of nitrogens with zero attached hydrogens (tertiary/aromatic N) is 2. The second-order valence-electron chi connectivity index (χ2n) is 8.27. The molecule has 3 fully saturated rings. The summed E-state index contributed by atoms with van der Waals surface area (Å²) in [5.41, 5.74) is -0.904. The number of carboxylic acids is 1. The van der Waals surface area contributed by atoms with Gasteiger partial charge in [0, 0.05) is 18.6 Å². The molecule has 4 amide bonds. The third kappa shape index (κ3) is 4.29. The van der Waals surface area contributed by atoms with Crippen LogP contribution < -0.4 is 10.6 Å². The lowest BCUT2D eigenvalue weighted by Gasteiger charge is -2.42. The fourth-order valence-electron chi connectivity index (χ4n) is 4.12. The third-order valence-corrected chi connectivity index (χ3v) is 6.28. The molecule has 2 saturated carbocycles. The smallest absolute Gasteiger partial charge is 0.325 e. The SMILES string of the molecule is CCC1(CC)NC(=O)N(CC(=O)NC2CC(N(CC(=O)O)CC3CC3)C2)C1=O. The van der Waals surface area contributed by atoms with Crippen molar-refractivity contribution in [2.45, 2.75) is 70.0 Å². The predicted molar refractivity (Wildman–Crippen MR) is 100 cm³/mol. The van der Waals surface area contributed by atoms with Crippen molar-refractivity contribution in [1.29, 1.82) is 0 Å².